The van der Waals surface area contributed by atoms with E-state index in [2.05, 4.69) is 10.5 Å². The fraction of sp³-hybridized carbons (Fsp3) is 0.176. The van der Waals surface area contributed by atoms with Gasteiger partial charge in [0.15, 0.2) is 11.5 Å². The van der Waals surface area contributed by atoms with Crippen molar-refractivity contribution in [1.82, 2.24) is 5.43 Å². The quantitative estimate of drug-likeness (QED) is 0.700. The van der Waals surface area contributed by atoms with Gasteiger partial charge in [0.1, 0.15) is 0 Å². The number of carbonyl (C=O) groups is 1. The molecule has 5 heteroatoms. The molecule has 112 valence electrons. The molecule has 0 saturated heterocycles. The number of rotatable bonds is 3. The van der Waals surface area contributed by atoms with Crippen molar-refractivity contribution < 1.29 is 14.3 Å². The van der Waals surface area contributed by atoms with Crippen LogP contribution in [0.25, 0.3) is 0 Å². The summed E-state index contributed by atoms with van der Waals surface area (Å²) in [6.07, 6.45) is 0. The van der Waals surface area contributed by atoms with Crippen LogP contribution in [0.4, 0.5) is 0 Å². The summed E-state index contributed by atoms with van der Waals surface area (Å²) >= 11 is 0. The van der Waals surface area contributed by atoms with Gasteiger partial charge < -0.3 is 9.47 Å². The number of benzene rings is 2. The van der Waals surface area contributed by atoms with Gasteiger partial charge in [0.2, 0.25) is 6.79 Å². The Morgan fingerprint density at radius 3 is 2.50 bits per heavy atom. The van der Waals surface area contributed by atoms with Crippen molar-refractivity contribution in [1.29, 1.82) is 0 Å². The van der Waals surface area contributed by atoms with E-state index in [1.54, 1.807) is 18.2 Å². The fourth-order valence-corrected chi connectivity index (χ4v) is 2.10. The molecule has 1 amide bonds. The number of ether oxygens (including phenoxy) is 2. The first-order chi connectivity index (χ1) is 10.6. The van der Waals surface area contributed by atoms with Gasteiger partial charge in [-0.15, -0.1) is 0 Å². The number of hydrogen-bond donors (Lipinski definition) is 1. The predicted molar refractivity (Wildman–Crippen MR) is 83.4 cm³/mol. The van der Waals surface area contributed by atoms with E-state index in [0.717, 1.165) is 11.3 Å². The predicted octanol–water partition coefficient (Wildman–Crippen LogP) is 2.88. The second-order valence-electron chi connectivity index (χ2n) is 5.07. The molecule has 0 spiro atoms. The smallest absolute Gasteiger partial charge is 0.271 e. The van der Waals surface area contributed by atoms with E-state index in [1.165, 1.54) is 5.56 Å². The van der Waals surface area contributed by atoms with Crippen LogP contribution in [0.2, 0.25) is 0 Å². The van der Waals surface area contributed by atoms with Gasteiger partial charge >= 0.3 is 0 Å². The zero-order valence-electron chi connectivity index (χ0n) is 12.4. The summed E-state index contributed by atoms with van der Waals surface area (Å²) in [5.74, 6) is 0.938. The van der Waals surface area contributed by atoms with E-state index < -0.39 is 0 Å². The van der Waals surface area contributed by atoms with Crippen LogP contribution in [0.15, 0.2) is 47.6 Å². The second kappa shape index (κ2) is 5.89. The second-order valence-corrected chi connectivity index (χ2v) is 5.07. The topological polar surface area (TPSA) is 59.9 Å². The number of nitrogens with one attached hydrogen (secondary N) is 1. The molecule has 22 heavy (non-hydrogen) atoms. The van der Waals surface area contributed by atoms with E-state index in [1.807, 2.05) is 38.1 Å². The van der Waals surface area contributed by atoms with Crippen LogP contribution in [-0.2, 0) is 0 Å². The third kappa shape index (κ3) is 2.93. The highest BCUT2D eigenvalue weighted by atomic mass is 16.7. The summed E-state index contributed by atoms with van der Waals surface area (Å²) in [5.41, 5.74) is 5.93. The number of fused-ring (bicyclic) bond motifs is 1. The van der Waals surface area contributed by atoms with Crippen molar-refractivity contribution in [3.63, 3.8) is 0 Å². The van der Waals surface area contributed by atoms with E-state index in [-0.39, 0.29) is 12.7 Å². The first-order valence-electron chi connectivity index (χ1n) is 6.95. The Bertz CT molecular complexity index is 736. The van der Waals surface area contributed by atoms with Crippen LogP contribution in [0.3, 0.4) is 0 Å². The molecule has 0 aliphatic carbocycles. The van der Waals surface area contributed by atoms with E-state index in [4.69, 9.17) is 9.47 Å². The Morgan fingerprint density at radius 1 is 1.05 bits per heavy atom. The summed E-state index contributed by atoms with van der Waals surface area (Å²) in [5, 5.41) is 4.14. The lowest BCUT2D eigenvalue weighted by Crippen LogP contribution is -2.19. The molecule has 0 bridgehead atoms. The Balaban J connectivity index is 1.71. The van der Waals surface area contributed by atoms with Crippen LogP contribution < -0.4 is 14.9 Å². The zero-order valence-corrected chi connectivity index (χ0v) is 12.4. The van der Waals surface area contributed by atoms with Gasteiger partial charge in [-0.1, -0.05) is 29.8 Å². The minimum Gasteiger partial charge on any atom is -0.454 e. The minimum absolute atomic E-state index is 0.186. The highest BCUT2D eigenvalue weighted by Gasteiger charge is 2.15. The molecule has 0 fully saturated rings. The number of aryl methyl sites for hydroxylation is 1. The lowest BCUT2D eigenvalue weighted by molar-refractivity contribution is 0.0954. The van der Waals surface area contributed by atoms with E-state index in [0.29, 0.717) is 17.1 Å². The molecule has 0 radical (unpaired) electrons. The SMILES string of the molecule is C/C(=N/NC(=O)c1ccc2c(c1)OCO2)c1ccc(C)cc1. The van der Waals surface area contributed by atoms with Crippen molar-refractivity contribution in [3.8, 4) is 11.5 Å². The standard InChI is InChI=1S/C17H16N2O3/c1-11-3-5-13(6-4-11)12(2)18-19-17(20)14-7-8-15-16(9-14)22-10-21-15/h3-9H,10H2,1-2H3,(H,19,20)/b18-12-. The normalized spacial score (nSPS) is 13.1. The van der Waals surface area contributed by atoms with Gasteiger partial charge in [0.25, 0.3) is 5.91 Å². The Kier molecular flexibility index (Phi) is 3.78. The summed E-state index contributed by atoms with van der Waals surface area (Å²) in [7, 11) is 0. The molecule has 0 atom stereocenters. The molecule has 0 saturated carbocycles. The molecule has 2 aromatic rings. The Morgan fingerprint density at radius 2 is 1.73 bits per heavy atom. The number of hydrogen-bond acceptors (Lipinski definition) is 4. The molecule has 2 aromatic carbocycles. The number of amides is 1. The summed E-state index contributed by atoms with van der Waals surface area (Å²) in [6, 6.07) is 13.0. The third-order valence-corrected chi connectivity index (χ3v) is 3.43. The van der Waals surface area contributed by atoms with Gasteiger partial charge in [-0.05, 0) is 37.6 Å². The maximum absolute atomic E-state index is 12.1. The molecule has 1 aliphatic rings. The number of nitrogens with zero attached hydrogens (tertiary/aromatic N) is 1. The van der Waals surface area contributed by atoms with Gasteiger partial charge in [-0.25, -0.2) is 5.43 Å². The summed E-state index contributed by atoms with van der Waals surface area (Å²) in [6.45, 7) is 4.06. The number of hydrazone groups is 1. The summed E-state index contributed by atoms with van der Waals surface area (Å²) < 4.78 is 10.5. The molecular formula is C17H16N2O3. The first-order valence-corrected chi connectivity index (χ1v) is 6.95. The van der Waals surface area contributed by atoms with Gasteiger partial charge in [0.05, 0.1) is 5.71 Å². The maximum atomic E-state index is 12.1. The van der Waals surface area contributed by atoms with Crippen LogP contribution in [-0.4, -0.2) is 18.4 Å². The van der Waals surface area contributed by atoms with Crippen molar-refractivity contribution in [2.45, 2.75) is 13.8 Å². The molecule has 0 unspecified atom stereocenters. The Hall–Kier alpha value is -2.82. The Labute approximate surface area is 128 Å². The van der Waals surface area contributed by atoms with Crippen LogP contribution in [0.1, 0.15) is 28.4 Å². The third-order valence-electron chi connectivity index (χ3n) is 3.43. The van der Waals surface area contributed by atoms with Crippen molar-refractivity contribution in [2.75, 3.05) is 6.79 Å². The summed E-state index contributed by atoms with van der Waals surface area (Å²) in [4.78, 5) is 12.1. The maximum Gasteiger partial charge on any atom is 0.271 e. The molecule has 1 N–H and O–H groups in total. The molecule has 5 nitrogen and oxygen atoms in total. The van der Waals surface area contributed by atoms with Crippen LogP contribution in [0.5, 0.6) is 11.5 Å². The van der Waals surface area contributed by atoms with Crippen molar-refractivity contribution >= 4 is 11.6 Å². The largest absolute Gasteiger partial charge is 0.454 e. The van der Waals surface area contributed by atoms with Gasteiger partial charge in [-0.2, -0.15) is 5.10 Å². The van der Waals surface area contributed by atoms with E-state index in [9.17, 15) is 4.79 Å². The highest BCUT2D eigenvalue weighted by molar-refractivity contribution is 6.01. The van der Waals surface area contributed by atoms with Crippen molar-refractivity contribution in [3.05, 3.63) is 59.2 Å². The minimum atomic E-state index is -0.287. The molecule has 1 heterocycles. The molecular weight excluding hydrogens is 280 g/mol. The monoisotopic (exact) mass is 296 g/mol. The fourth-order valence-electron chi connectivity index (χ4n) is 2.10. The van der Waals surface area contributed by atoms with Crippen LogP contribution in [0, 0.1) is 6.92 Å². The van der Waals surface area contributed by atoms with Gasteiger partial charge in [0, 0.05) is 5.56 Å². The highest BCUT2D eigenvalue weighted by Crippen LogP contribution is 2.32. The molecule has 3 rings (SSSR count). The average molecular weight is 296 g/mol. The lowest BCUT2D eigenvalue weighted by Gasteiger charge is -2.04. The van der Waals surface area contributed by atoms with Crippen LogP contribution >= 0.6 is 0 Å². The van der Waals surface area contributed by atoms with Crippen molar-refractivity contribution in [2.24, 2.45) is 5.10 Å². The van der Waals surface area contributed by atoms with E-state index >= 15 is 0 Å². The van der Waals surface area contributed by atoms with Gasteiger partial charge in [-0.3, -0.25) is 4.79 Å². The molecule has 0 aromatic heterocycles. The lowest BCUT2D eigenvalue weighted by atomic mass is 10.1. The average Bonchev–Trinajstić information content (AvgIpc) is 3.00. The number of carbonyl (C=O) groups excluding carboxylic acids is 1. The first kappa shape index (κ1) is 14.1. The molecule has 1 aliphatic heterocycles. The zero-order chi connectivity index (χ0) is 15.5.